The zero-order chi connectivity index (χ0) is 13.0. The Hall–Kier alpha value is 0.140. The maximum atomic E-state index is 10.3. The highest BCUT2D eigenvalue weighted by Gasteiger charge is 2.26. The van der Waals surface area contributed by atoms with Crippen molar-refractivity contribution >= 4 is 27.3 Å². The van der Waals surface area contributed by atoms with Gasteiger partial charge in [-0.2, -0.15) is 0 Å². The normalized spacial score (nSPS) is 26.2. The number of aliphatic hydroxyl groups excluding tert-OH is 1. The Morgan fingerprint density at radius 2 is 2.11 bits per heavy atom. The Balaban J connectivity index is 1.78. The van der Waals surface area contributed by atoms with Crippen LogP contribution >= 0.6 is 27.3 Å². The summed E-state index contributed by atoms with van der Waals surface area (Å²) in [7, 11) is 0. The molecule has 18 heavy (non-hydrogen) atoms. The molecular weight excluding hydrogens is 308 g/mol. The maximum absolute atomic E-state index is 10.3. The molecule has 1 aromatic heterocycles. The van der Waals surface area contributed by atoms with E-state index in [-0.39, 0.29) is 6.10 Å². The van der Waals surface area contributed by atoms with Gasteiger partial charge in [-0.05, 0) is 46.7 Å². The number of hydrogen-bond donors (Lipinski definition) is 1. The van der Waals surface area contributed by atoms with Crippen molar-refractivity contribution in [2.24, 2.45) is 11.8 Å². The summed E-state index contributed by atoms with van der Waals surface area (Å²) in [5.74, 6) is 1.45. The van der Waals surface area contributed by atoms with Crippen LogP contribution in [0.2, 0.25) is 0 Å². The van der Waals surface area contributed by atoms with Crippen molar-refractivity contribution in [1.29, 1.82) is 0 Å². The molecule has 1 fully saturated rings. The van der Waals surface area contributed by atoms with E-state index in [9.17, 15) is 5.11 Å². The minimum Gasteiger partial charge on any atom is -0.392 e. The number of rotatable bonds is 5. The highest BCUT2D eigenvalue weighted by Crippen LogP contribution is 2.34. The van der Waals surface area contributed by atoms with Crippen molar-refractivity contribution in [2.75, 3.05) is 0 Å². The van der Waals surface area contributed by atoms with E-state index in [0.29, 0.717) is 5.92 Å². The molecule has 0 aromatic carbocycles. The molecule has 0 amide bonds. The lowest BCUT2D eigenvalue weighted by atomic mass is 9.77. The van der Waals surface area contributed by atoms with Crippen molar-refractivity contribution in [3.05, 3.63) is 20.8 Å². The molecule has 1 unspecified atom stereocenters. The van der Waals surface area contributed by atoms with Crippen molar-refractivity contribution < 1.29 is 5.11 Å². The first-order valence-corrected chi connectivity index (χ1v) is 8.77. The van der Waals surface area contributed by atoms with Gasteiger partial charge in [0.05, 0.1) is 6.10 Å². The van der Waals surface area contributed by atoms with E-state index in [2.05, 4.69) is 34.3 Å². The Labute approximate surface area is 123 Å². The highest BCUT2D eigenvalue weighted by atomic mass is 79.9. The van der Waals surface area contributed by atoms with Gasteiger partial charge in [0.1, 0.15) is 0 Å². The minimum atomic E-state index is -0.141. The number of aliphatic hydroxyl groups is 1. The fourth-order valence-corrected chi connectivity index (χ4v) is 4.61. The molecule has 2 rings (SSSR count). The monoisotopic (exact) mass is 330 g/mol. The van der Waals surface area contributed by atoms with Crippen LogP contribution < -0.4 is 0 Å². The van der Waals surface area contributed by atoms with Gasteiger partial charge >= 0.3 is 0 Å². The van der Waals surface area contributed by atoms with Crippen LogP contribution in [0.5, 0.6) is 0 Å². The van der Waals surface area contributed by atoms with Gasteiger partial charge in [0.2, 0.25) is 0 Å². The molecule has 1 aromatic rings. The van der Waals surface area contributed by atoms with E-state index in [0.717, 1.165) is 16.8 Å². The van der Waals surface area contributed by atoms with Crippen LogP contribution in [0.4, 0.5) is 0 Å². The maximum Gasteiger partial charge on any atom is 0.0616 e. The van der Waals surface area contributed by atoms with Gasteiger partial charge in [0.25, 0.3) is 0 Å². The SMILES string of the molecule is CCCC1CCC(C(O)Cc2cc(Br)cs2)CC1. The summed E-state index contributed by atoms with van der Waals surface area (Å²) in [6.07, 6.45) is 8.46. The van der Waals surface area contributed by atoms with Gasteiger partial charge < -0.3 is 5.11 Å². The zero-order valence-corrected chi connectivity index (χ0v) is 13.5. The lowest BCUT2D eigenvalue weighted by Gasteiger charge is -2.31. The topological polar surface area (TPSA) is 20.2 Å². The van der Waals surface area contributed by atoms with Crippen molar-refractivity contribution in [3.63, 3.8) is 0 Å². The molecule has 0 radical (unpaired) electrons. The van der Waals surface area contributed by atoms with E-state index >= 15 is 0 Å². The van der Waals surface area contributed by atoms with Crippen LogP contribution in [0, 0.1) is 11.8 Å². The summed E-state index contributed by atoms with van der Waals surface area (Å²) in [6, 6.07) is 2.14. The molecule has 1 aliphatic rings. The van der Waals surface area contributed by atoms with Gasteiger partial charge in [-0.25, -0.2) is 0 Å². The molecule has 0 spiro atoms. The Kier molecular flexibility index (Phi) is 5.71. The van der Waals surface area contributed by atoms with Crippen LogP contribution in [0.1, 0.15) is 50.3 Å². The largest absolute Gasteiger partial charge is 0.392 e. The van der Waals surface area contributed by atoms with E-state index in [4.69, 9.17) is 0 Å². The molecule has 1 N–H and O–H groups in total. The van der Waals surface area contributed by atoms with E-state index in [1.165, 1.54) is 43.4 Å². The molecule has 3 heteroatoms. The van der Waals surface area contributed by atoms with Crippen LogP contribution in [0.15, 0.2) is 15.9 Å². The highest BCUT2D eigenvalue weighted by molar-refractivity contribution is 9.10. The predicted molar refractivity (Wildman–Crippen MR) is 82.1 cm³/mol. The third-order valence-electron chi connectivity index (χ3n) is 4.16. The molecule has 102 valence electrons. The van der Waals surface area contributed by atoms with Crippen LogP contribution in [-0.2, 0) is 6.42 Å². The van der Waals surface area contributed by atoms with Crippen LogP contribution in [0.25, 0.3) is 0 Å². The van der Waals surface area contributed by atoms with E-state index < -0.39 is 0 Å². The van der Waals surface area contributed by atoms with Crippen molar-refractivity contribution in [1.82, 2.24) is 0 Å². The zero-order valence-electron chi connectivity index (χ0n) is 11.1. The van der Waals surface area contributed by atoms with Crippen molar-refractivity contribution in [3.8, 4) is 0 Å². The summed E-state index contributed by atoms with van der Waals surface area (Å²) in [6.45, 7) is 2.27. The summed E-state index contributed by atoms with van der Waals surface area (Å²) in [5.41, 5.74) is 0. The molecule has 1 nitrogen and oxygen atoms in total. The third kappa shape index (κ3) is 4.07. The predicted octanol–water partition coefficient (Wildman–Crippen LogP) is 5.02. The van der Waals surface area contributed by atoms with Crippen LogP contribution in [-0.4, -0.2) is 11.2 Å². The first kappa shape index (κ1) is 14.5. The summed E-state index contributed by atoms with van der Waals surface area (Å²) < 4.78 is 1.14. The first-order chi connectivity index (χ1) is 8.69. The molecule has 1 aliphatic carbocycles. The average Bonchev–Trinajstić information content (AvgIpc) is 2.76. The number of hydrogen-bond acceptors (Lipinski definition) is 2. The van der Waals surface area contributed by atoms with Gasteiger partial charge in [-0.1, -0.05) is 32.6 Å². The third-order valence-corrected chi connectivity index (χ3v) is 5.88. The van der Waals surface area contributed by atoms with Gasteiger partial charge in [0.15, 0.2) is 0 Å². The summed E-state index contributed by atoms with van der Waals surface area (Å²) >= 11 is 5.22. The second-order valence-electron chi connectivity index (χ2n) is 5.57. The van der Waals surface area contributed by atoms with Gasteiger partial charge in [0, 0.05) is 21.2 Å². The van der Waals surface area contributed by atoms with Gasteiger partial charge in [-0.3, -0.25) is 0 Å². The van der Waals surface area contributed by atoms with E-state index in [1.54, 1.807) is 11.3 Å². The van der Waals surface area contributed by atoms with E-state index in [1.807, 2.05) is 0 Å². The van der Waals surface area contributed by atoms with Crippen LogP contribution in [0.3, 0.4) is 0 Å². The number of halogens is 1. The fourth-order valence-electron chi connectivity index (χ4n) is 3.10. The second-order valence-corrected chi connectivity index (χ2v) is 7.48. The lowest BCUT2D eigenvalue weighted by Crippen LogP contribution is -2.27. The smallest absolute Gasteiger partial charge is 0.0616 e. The molecule has 1 heterocycles. The number of thiophene rings is 1. The Bertz CT molecular complexity index is 355. The second kappa shape index (κ2) is 7.06. The average molecular weight is 331 g/mol. The Morgan fingerprint density at radius 3 is 2.67 bits per heavy atom. The summed E-state index contributed by atoms with van der Waals surface area (Å²) in [5, 5.41) is 12.4. The van der Waals surface area contributed by atoms with Gasteiger partial charge in [-0.15, -0.1) is 11.3 Å². The summed E-state index contributed by atoms with van der Waals surface area (Å²) in [4.78, 5) is 1.30. The molecule has 0 saturated heterocycles. The minimum absolute atomic E-state index is 0.141. The van der Waals surface area contributed by atoms with Crippen molar-refractivity contribution in [2.45, 2.75) is 58.0 Å². The molecular formula is C15H23BrOS. The molecule has 0 aliphatic heterocycles. The Morgan fingerprint density at radius 1 is 1.39 bits per heavy atom. The fraction of sp³-hybridized carbons (Fsp3) is 0.733. The molecule has 0 bridgehead atoms. The quantitative estimate of drug-likeness (QED) is 0.803. The lowest BCUT2D eigenvalue weighted by molar-refractivity contribution is 0.0734. The molecule has 1 saturated carbocycles. The standard InChI is InChI=1S/C15H23BrOS/c1-2-3-11-4-6-12(7-5-11)15(17)9-14-8-13(16)10-18-14/h8,10-12,15,17H,2-7,9H2,1H3. The molecule has 1 atom stereocenters. The first-order valence-electron chi connectivity index (χ1n) is 7.10.